The Kier molecular flexibility index (Phi) is 5.61. The van der Waals surface area contributed by atoms with Crippen LogP contribution in [0.1, 0.15) is 22.0 Å². The van der Waals surface area contributed by atoms with Gasteiger partial charge in [-0.05, 0) is 40.9 Å². The maximum absolute atomic E-state index is 12.3. The standard InChI is InChI=1S/C16H16N2O4S/c1-17-16(20)14(11-5-3-2-4-6-11)18-15(19)12-7-9-13(10-8-12)23(21)22/h2-10,14H,1H3,(H,17,20)(H,18,19)(H,21,22)/p-1. The van der Waals surface area contributed by atoms with Gasteiger partial charge in [-0.2, -0.15) is 0 Å². The van der Waals surface area contributed by atoms with Crippen LogP contribution in [-0.2, 0) is 15.9 Å². The van der Waals surface area contributed by atoms with Gasteiger partial charge >= 0.3 is 0 Å². The monoisotopic (exact) mass is 331 g/mol. The molecule has 0 aromatic heterocycles. The van der Waals surface area contributed by atoms with Gasteiger partial charge in [0, 0.05) is 17.5 Å². The highest BCUT2D eigenvalue weighted by Gasteiger charge is 2.22. The Morgan fingerprint density at radius 2 is 1.65 bits per heavy atom. The first-order chi connectivity index (χ1) is 11.0. The van der Waals surface area contributed by atoms with E-state index in [0.717, 1.165) is 0 Å². The molecule has 23 heavy (non-hydrogen) atoms. The van der Waals surface area contributed by atoms with Gasteiger partial charge < -0.3 is 15.2 Å². The van der Waals surface area contributed by atoms with Crippen LogP contribution in [0.5, 0.6) is 0 Å². The Hall–Kier alpha value is -2.51. The van der Waals surface area contributed by atoms with Crippen LogP contribution in [0.3, 0.4) is 0 Å². The van der Waals surface area contributed by atoms with Crippen LogP contribution in [-0.4, -0.2) is 27.6 Å². The second-order valence-electron chi connectivity index (χ2n) is 4.69. The first kappa shape index (κ1) is 16.9. The minimum absolute atomic E-state index is 0.0902. The zero-order valence-electron chi connectivity index (χ0n) is 12.3. The number of benzene rings is 2. The van der Waals surface area contributed by atoms with Crippen LogP contribution in [0, 0.1) is 0 Å². The highest BCUT2D eigenvalue weighted by atomic mass is 32.2. The summed E-state index contributed by atoms with van der Waals surface area (Å²) in [5.74, 6) is -0.812. The molecule has 2 unspecified atom stereocenters. The topological polar surface area (TPSA) is 98.3 Å². The predicted octanol–water partition coefficient (Wildman–Crippen LogP) is 1.14. The van der Waals surface area contributed by atoms with Crippen LogP contribution < -0.4 is 10.6 Å². The number of amides is 2. The maximum atomic E-state index is 12.3. The van der Waals surface area contributed by atoms with Crippen molar-refractivity contribution in [3.63, 3.8) is 0 Å². The van der Waals surface area contributed by atoms with E-state index in [4.69, 9.17) is 0 Å². The second kappa shape index (κ2) is 7.66. The highest BCUT2D eigenvalue weighted by Crippen LogP contribution is 2.14. The summed E-state index contributed by atoms with van der Waals surface area (Å²) in [7, 11) is 1.49. The van der Waals surface area contributed by atoms with Crippen LogP contribution >= 0.6 is 0 Å². The van der Waals surface area contributed by atoms with E-state index in [1.807, 2.05) is 6.07 Å². The lowest BCUT2D eigenvalue weighted by Crippen LogP contribution is -2.39. The third-order valence-corrected chi connectivity index (χ3v) is 3.88. The molecule has 120 valence electrons. The van der Waals surface area contributed by atoms with Crippen molar-refractivity contribution in [3.8, 4) is 0 Å². The van der Waals surface area contributed by atoms with Crippen molar-refractivity contribution in [2.45, 2.75) is 10.9 Å². The minimum atomic E-state index is -2.35. The van der Waals surface area contributed by atoms with Gasteiger partial charge in [0.25, 0.3) is 5.91 Å². The lowest BCUT2D eigenvalue weighted by Gasteiger charge is -2.18. The van der Waals surface area contributed by atoms with Gasteiger partial charge in [0.1, 0.15) is 6.04 Å². The van der Waals surface area contributed by atoms with E-state index in [0.29, 0.717) is 5.56 Å². The van der Waals surface area contributed by atoms with Crippen LogP contribution in [0.2, 0.25) is 0 Å². The van der Waals surface area contributed by atoms with Crippen molar-refractivity contribution in [1.82, 2.24) is 10.6 Å². The summed E-state index contributed by atoms with van der Waals surface area (Å²) in [4.78, 5) is 24.4. The Bertz CT molecular complexity index is 717. The van der Waals surface area contributed by atoms with Crippen molar-refractivity contribution in [1.29, 1.82) is 0 Å². The molecule has 2 N–H and O–H groups in total. The lowest BCUT2D eigenvalue weighted by atomic mass is 10.1. The molecular weight excluding hydrogens is 316 g/mol. The molecule has 0 radical (unpaired) electrons. The summed E-state index contributed by atoms with van der Waals surface area (Å²) < 4.78 is 21.6. The molecule has 2 aromatic carbocycles. The number of carbonyl (C=O) groups excluding carboxylic acids is 2. The smallest absolute Gasteiger partial charge is 0.252 e. The van der Waals surface area contributed by atoms with E-state index in [9.17, 15) is 18.4 Å². The molecule has 0 bridgehead atoms. The first-order valence-electron chi connectivity index (χ1n) is 6.79. The fourth-order valence-corrected chi connectivity index (χ4v) is 2.38. The predicted molar refractivity (Wildman–Crippen MR) is 84.3 cm³/mol. The summed E-state index contributed by atoms with van der Waals surface area (Å²) in [6.07, 6.45) is 0. The summed E-state index contributed by atoms with van der Waals surface area (Å²) in [5, 5.41) is 5.15. The molecule has 6 nitrogen and oxygen atoms in total. The molecule has 0 aliphatic carbocycles. The lowest BCUT2D eigenvalue weighted by molar-refractivity contribution is -0.122. The SMILES string of the molecule is CNC(=O)C(NC(=O)c1ccc(S(=O)[O-])cc1)c1ccccc1. The maximum Gasteiger partial charge on any atom is 0.252 e. The molecule has 2 amide bonds. The summed E-state index contributed by atoms with van der Waals surface area (Å²) in [6.45, 7) is 0. The summed E-state index contributed by atoms with van der Waals surface area (Å²) >= 11 is -2.35. The van der Waals surface area contributed by atoms with Gasteiger partial charge in [-0.1, -0.05) is 30.3 Å². The fourth-order valence-electron chi connectivity index (χ4n) is 2.02. The van der Waals surface area contributed by atoms with E-state index in [1.54, 1.807) is 24.3 Å². The molecule has 0 spiro atoms. The number of carbonyl (C=O) groups is 2. The van der Waals surface area contributed by atoms with Crippen LogP contribution in [0.15, 0.2) is 59.5 Å². The van der Waals surface area contributed by atoms with Crippen molar-refractivity contribution >= 4 is 22.9 Å². The number of nitrogens with one attached hydrogen (secondary N) is 2. The number of rotatable bonds is 5. The van der Waals surface area contributed by atoms with Gasteiger partial charge in [-0.15, -0.1) is 0 Å². The molecule has 0 fully saturated rings. The van der Waals surface area contributed by atoms with E-state index >= 15 is 0 Å². The third kappa shape index (κ3) is 4.24. The van der Waals surface area contributed by atoms with Crippen LogP contribution in [0.25, 0.3) is 0 Å². The molecule has 0 saturated carbocycles. The van der Waals surface area contributed by atoms with E-state index in [1.165, 1.54) is 31.3 Å². The van der Waals surface area contributed by atoms with Crippen molar-refractivity contribution in [2.24, 2.45) is 0 Å². The van der Waals surface area contributed by atoms with Crippen molar-refractivity contribution < 1.29 is 18.4 Å². The number of hydrogen-bond acceptors (Lipinski definition) is 4. The van der Waals surface area contributed by atoms with E-state index in [-0.39, 0.29) is 16.4 Å². The van der Waals surface area contributed by atoms with Crippen molar-refractivity contribution in [2.75, 3.05) is 7.05 Å². The zero-order valence-corrected chi connectivity index (χ0v) is 13.1. The van der Waals surface area contributed by atoms with Gasteiger partial charge in [-0.25, -0.2) is 0 Å². The molecule has 0 aliphatic heterocycles. The summed E-state index contributed by atoms with van der Waals surface area (Å²) in [5.41, 5.74) is 0.918. The highest BCUT2D eigenvalue weighted by molar-refractivity contribution is 7.79. The normalized spacial score (nSPS) is 13.0. The average molecular weight is 331 g/mol. The zero-order chi connectivity index (χ0) is 16.8. The molecule has 0 saturated heterocycles. The Balaban J connectivity index is 2.20. The first-order valence-corrected chi connectivity index (χ1v) is 7.87. The Morgan fingerprint density at radius 3 is 2.17 bits per heavy atom. The Labute approximate surface area is 136 Å². The molecule has 2 aromatic rings. The second-order valence-corrected chi connectivity index (χ2v) is 5.63. The quantitative estimate of drug-likeness (QED) is 0.803. The van der Waals surface area contributed by atoms with Gasteiger partial charge in [0.15, 0.2) is 0 Å². The number of likely N-dealkylation sites (N-methyl/N-ethyl adjacent to an activating group) is 1. The average Bonchev–Trinajstić information content (AvgIpc) is 2.59. The number of hydrogen-bond donors (Lipinski definition) is 2. The minimum Gasteiger partial charge on any atom is -0.768 e. The molecule has 2 atom stereocenters. The molecule has 2 rings (SSSR count). The largest absolute Gasteiger partial charge is 0.768 e. The van der Waals surface area contributed by atoms with Crippen molar-refractivity contribution in [3.05, 3.63) is 65.7 Å². The fraction of sp³-hybridized carbons (Fsp3) is 0.125. The third-order valence-electron chi connectivity index (χ3n) is 3.23. The van der Waals surface area contributed by atoms with Gasteiger partial charge in [0.05, 0.1) is 0 Å². The molecular formula is C16H15N2O4S-. The van der Waals surface area contributed by atoms with Gasteiger partial charge in [0.2, 0.25) is 5.91 Å². The Morgan fingerprint density at radius 1 is 1.04 bits per heavy atom. The van der Waals surface area contributed by atoms with E-state index < -0.39 is 23.0 Å². The van der Waals surface area contributed by atoms with Gasteiger partial charge in [-0.3, -0.25) is 13.8 Å². The van der Waals surface area contributed by atoms with E-state index in [2.05, 4.69) is 10.6 Å². The molecule has 0 aliphatic rings. The summed E-state index contributed by atoms with van der Waals surface area (Å²) in [6, 6.07) is 13.5. The molecule has 0 heterocycles. The van der Waals surface area contributed by atoms with Crippen LogP contribution in [0.4, 0.5) is 0 Å². The molecule has 7 heteroatoms.